The zero-order chi connectivity index (χ0) is 29.1. The summed E-state index contributed by atoms with van der Waals surface area (Å²) in [5, 5.41) is 0. The number of hydrogen-bond acceptors (Lipinski definition) is 4. The lowest BCUT2D eigenvalue weighted by Crippen LogP contribution is -2.10. The van der Waals surface area contributed by atoms with Crippen molar-refractivity contribution in [1.82, 2.24) is 0 Å². The Hall–Kier alpha value is -5.48. The van der Waals surface area contributed by atoms with Crippen LogP contribution in [0.3, 0.4) is 0 Å². The van der Waals surface area contributed by atoms with E-state index in [4.69, 9.17) is 9.47 Å². The van der Waals surface area contributed by atoms with Gasteiger partial charge < -0.3 is 19.3 Å². The second-order valence-electron chi connectivity index (χ2n) is 10.1. The first-order valence-corrected chi connectivity index (χ1v) is 14.6. The van der Waals surface area contributed by atoms with Crippen LogP contribution in [0.15, 0.2) is 170 Å². The van der Waals surface area contributed by atoms with Crippen LogP contribution in [-0.4, -0.2) is 13.2 Å². The molecule has 0 radical (unpaired) electrons. The lowest BCUT2D eigenvalue weighted by molar-refractivity contribution is 0.247. The van der Waals surface area contributed by atoms with Gasteiger partial charge in [0.15, 0.2) is 0 Å². The molecule has 0 amide bonds. The third-order valence-electron chi connectivity index (χ3n) is 7.07. The van der Waals surface area contributed by atoms with Crippen molar-refractivity contribution in [3.8, 4) is 11.5 Å². The summed E-state index contributed by atoms with van der Waals surface area (Å²) in [6.45, 7) is 1.16. The van der Waals surface area contributed by atoms with Crippen molar-refractivity contribution in [2.75, 3.05) is 23.0 Å². The second-order valence-corrected chi connectivity index (χ2v) is 10.1. The van der Waals surface area contributed by atoms with Crippen LogP contribution in [0.2, 0.25) is 0 Å². The Balaban J connectivity index is 1.03. The fraction of sp³-hybridized carbons (Fsp3) is 0.0769. The summed E-state index contributed by atoms with van der Waals surface area (Å²) in [6, 6.07) is 58.1. The predicted molar refractivity (Wildman–Crippen MR) is 178 cm³/mol. The van der Waals surface area contributed by atoms with E-state index in [-0.39, 0.29) is 0 Å². The van der Waals surface area contributed by atoms with Crippen LogP contribution in [0.5, 0.6) is 11.5 Å². The molecule has 4 nitrogen and oxygen atoms in total. The Bertz CT molecular complexity index is 1450. The summed E-state index contributed by atoms with van der Waals surface area (Å²) < 4.78 is 12.1. The third-order valence-corrected chi connectivity index (χ3v) is 7.07. The average Bonchev–Trinajstić information content (AvgIpc) is 3.08. The largest absolute Gasteiger partial charge is 0.493 e. The molecule has 0 saturated heterocycles. The van der Waals surface area contributed by atoms with Crippen LogP contribution in [0.25, 0.3) is 0 Å². The van der Waals surface area contributed by atoms with Gasteiger partial charge in [-0.25, -0.2) is 0 Å². The van der Waals surface area contributed by atoms with Gasteiger partial charge >= 0.3 is 0 Å². The van der Waals surface area contributed by atoms with Gasteiger partial charge in [-0.1, -0.05) is 72.8 Å². The van der Waals surface area contributed by atoms with Crippen molar-refractivity contribution in [2.45, 2.75) is 6.42 Å². The molecule has 212 valence electrons. The maximum Gasteiger partial charge on any atom is 0.119 e. The molecule has 0 aromatic heterocycles. The van der Waals surface area contributed by atoms with E-state index >= 15 is 0 Å². The van der Waals surface area contributed by atoms with E-state index in [1.54, 1.807) is 0 Å². The Morgan fingerprint density at radius 2 is 0.558 bits per heavy atom. The summed E-state index contributed by atoms with van der Waals surface area (Å²) in [5.41, 5.74) is 6.60. The summed E-state index contributed by atoms with van der Waals surface area (Å²) in [6.07, 6.45) is 0.782. The number of hydrogen-bond donors (Lipinski definition) is 0. The minimum Gasteiger partial charge on any atom is -0.493 e. The standard InChI is InChI=1S/C39H34N2O2/c1-5-14-32(15-6-1)40(33-16-7-2-8-17-33)36-22-26-38(27-23-36)42-30-13-31-43-39-28-24-37(25-29-39)41(34-18-9-3-10-19-34)35-20-11-4-12-21-35/h1-12,14-29H,13,30-31H2. The van der Waals surface area contributed by atoms with Crippen LogP contribution < -0.4 is 19.3 Å². The molecular weight excluding hydrogens is 528 g/mol. The number of ether oxygens (including phenoxy) is 2. The molecule has 0 bridgehead atoms. The smallest absolute Gasteiger partial charge is 0.119 e. The van der Waals surface area contributed by atoms with Crippen LogP contribution in [-0.2, 0) is 0 Å². The molecule has 43 heavy (non-hydrogen) atoms. The normalized spacial score (nSPS) is 10.6. The molecule has 0 saturated carbocycles. The van der Waals surface area contributed by atoms with Gasteiger partial charge in [-0.2, -0.15) is 0 Å². The van der Waals surface area contributed by atoms with Gasteiger partial charge in [0, 0.05) is 40.5 Å². The molecule has 0 aliphatic carbocycles. The van der Waals surface area contributed by atoms with Crippen molar-refractivity contribution in [3.63, 3.8) is 0 Å². The number of nitrogens with zero attached hydrogens (tertiary/aromatic N) is 2. The Labute approximate surface area is 254 Å². The van der Waals surface area contributed by atoms with E-state index in [2.05, 4.69) is 131 Å². The van der Waals surface area contributed by atoms with Crippen LogP contribution in [0, 0.1) is 0 Å². The Kier molecular flexibility index (Phi) is 8.96. The number of benzene rings is 6. The van der Waals surface area contributed by atoms with E-state index in [1.165, 1.54) is 0 Å². The SMILES string of the molecule is c1ccc(N(c2ccccc2)c2ccc(OCCCOc3ccc(N(c4ccccc4)c4ccccc4)cc3)cc2)cc1. The molecule has 6 aromatic carbocycles. The molecule has 0 unspecified atom stereocenters. The van der Waals surface area contributed by atoms with Gasteiger partial charge in [0.25, 0.3) is 0 Å². The van der Waals surface area contributed by atoms with Gasteiger partial charge in [0.2, 0.25) is 0 Å². The highest BCUT2D eigenvalue weighted by molar-refractivity contribution is 5.77. The average molecular weight is 563 g/mol. The first-order chi connectivity index (χ1) is 21.3. The number of anilines is 6. The van der Waals surface area contributed by atoms with Crippen molar-refractivity contribution in [3.05, 3.63) is 170 Å². The molecule has 6 rings (SSSR count). The molecule has 6 aromatic rings. The Morgan fingerprint density at radius 1 is 0.302 bits per heavy atom. The molecule has 0 spiro atoms. The molecule has 0 aliphatic heterocycles. The zero-order valence-electron chi connectivity index (χ0n) is 24.0. The Morgan fingerprint density at radius 3 is 0.837 bits per heavy atom. The molecule has 0 N–H and O–H groups in total. The first-order valence-electron chi connectivity index (χ1n) is 14.6. The monoisotopic (exact) mass is 562 g/mol. The fourth-order valence-corrected chi connectivity index (χ4v) is 5.02. The minimum absolute atomic E-state index is 0.578. The highest BCUT2D eigenvalue weighted by Gasteiger charge is 2.13. The molecule has 0 aliphatic rings. The second kappa shape index (κ2) is 13.9. The molecule has 0 fully saturated rings. The zero-order valence-corrected chi connectivity index (χ0v) is 24.0. The van der Waals surface area contributed by atoms with Gasteiger partial charge in [-0.15, -0.1) is 0 Å². The van der Waals surface area contributed by atoms with Crippen LogP contribution >= 0.6 is 0 Å². The maximum atomic E-state index is 6.03. The van der Waals surface area contributed by atoms with E-state index < -0.39 is 0 Å². The molecular formula is C39H34N2O2. The summed E-state index contributed by atoms with van der Waals surface area (Å²) in [4.78, 5) is 4.48. The minimum atomic E-state index is 0.578. The van der Waals surface area contributed by atoms with Crippen molar-refractivity contribution in [2.24, 2.45) is 0 Å². The van der Waals surface area contributed by atoms with E-state index in [1.807, 2.05) is 48.5 Å². The third kappa shape index (κ3) is 7.06. The van der Waals surface area contributed by atoms with Gasteiger partial charge in [0.05, 0.1) is 13.2 Å². The summed E-state index contributed by atoms with van der Waals surface area (Å²) >= 11 is 0. The molecule has 0 heterocycles. The summed E-state index contributed by atoms with van der Waals surface area (Å²) in [5.74, 6) is 1.69. The van der Waals surface area contributed by atoms with Crippen molar-refractivity contribution < 1.29 is 9.47 Å². The lowest BCUT2D eigenvalue weighted by atomic mass is 10.2. The number of rotatable bonds is 12. The topological polar surface area (TPSA) is 24.9 Å². The van der Waals surface area contributed by atoms with Crippen LogP contribution in [0.1, 0.15) is 6.42 Å². The first kappa shape index (κ1) is 27.7. The van der Waals surface area contributed by atoms with Crippen molar-refractivity contribution in [1.29, 1.82) is 0 Å². The summed E-state index contributed by atoms with van der Waals surface area (Å²) in [7, 11) is 0. The molecule has 0 atom stereocenters. The quantitative estimate of drug-likeness (QED) is 0.139. The van der Waals surface area contributed by atoms with Gasteiger partial charge in [-0.3, -0.25) is 0 Å². The van der Waals surface area contributed by atoms with E-state index in [0.29, 0.717) is 13.2 Å². The maximum absolute atomic E-state index is 6.03. The van der Waals surface area contributed by atoms with E-state index in [9.17, 15) is 0 Å². The van der Waals surface area contributed by atoms with E-state index in [0.717, 1.165) is 52.0 Å². The van der Waals surface area contributed by atoms with Crippen molar-refractivity contribution >= 4 is 34.1 Å². The van der Waals surface area contributed by atoms with Gasteiger partial charge in [-0.05, 0) is 97.1 Å². The fourth-order valence-electron chi connectivity index (χ4n) is 5.02. The van der Waals surface area contributed by atoms with Crippen LogP contribution in [0.4, 0.5) is 34.1 Å². The highest BCUT2D eigenvalue weighted by atomic mass is 16.5. The highest BCUT2D eigenvalue weighted by Crippen LogP contribution is 2.36. The lowest BCUT2D eigenvalue weighted by Gasteiger charge is -2.25. The predicted octanol–water partition coefficient (Wildman–Crippen LogP) is 10.5. The number of para-hydroxylation sites is 4. The molecule has 4 heteroatoms. The van der Waals surface area contributed by atoms with Gasteiger partial charge in [0.1, 0.15) is 11.5 Å².